The second-order valence-electron chi connectivity index (χ2n) is 5.27. The molecule has 0 aromatic carbocycles. The number of carbonyl (C=O) groups excluding carboxylic acids is 1. The average molecular weight is 274 g/mol. The number of rotatable bonds is 3. The smallest absolute Gasteiger partial charge is 0.350 e. The fraction of sp³-hybridized carbons (Fsp3) is 0.500. The molecule has 1 amide bonds. The van der Waals surface area contributed by atoms with Crippen LogP contribution in [0.25, 0.3) is 5.65 Å². The summed E-state index contributed by atoms with van der Waals surface area (Å²) in [5.74, 6) is -0.137. The van der Waals surface area contributed by atoms with Gasteiger partial charge in [-0.25, -0.2) is 9.48 Å². The third kappa shape index (κ3) is 2.59. The maximum atomic E-state index is 12.0. The van der Waals surface area contributed by atoms with E-state index in [0.717, 1.165) is 12.8 Å². The molecule has 2 aromatic rings. The lowest BCUT2D eigenvalue weighted by atomic mass is 9.95. The molecular weight excluding hydrogens is 256 g/mol. The molecule has 20 heavy (non-hydrogen) atoms. The van der Waals surface area contributed by atoms with Gasteiger partial charge in [-0.1, -0.05) is 25.3 Å². The lowest BCUT2D eigenvalue weighted by molar-refractivity contribution is -0.122. The number of nitrogens with zero attached hydrogens (tertiary/aromatic N) is 3. The zero-order valence-corrected chi connectivity index (χ0v) is 11.3. The third-order valence-corrected chi connectivity index (χ3v) is 3.75. The van der Waals surface area contributed by atoms with E-state index in [2.05, 4.69) is 10.4 Å². The fourth-order valence-corrected chi connectivity index (χ4v) is 2.73. The molecule has 0 radical (unpaired) electrons. The molecule has 0 atom stereocenters. The van der Waals surface area contributed by atoms with Gasteiger partial charge in [0.2, 0.25) is 5.91 Å². The Bertz CT molecular complexity index is 667. The molecular formula is C14H18N4O2. The van der Waals surface area contributed by atoms with E-state index in [9.17, 15) is 9.59 Å². The number of pyridine rings is 1. The summed E-state index contributed by atoms with van der Waals surface area (Å²) in [6, 6.07) is 5.58. The first-order valence-corrected chi connectivity index (χ1v) is 7.07. The Morgan fingerprint density at radius 2 is 2.10 bits per heavy atom. The third-order valence-electron chi connectivity index (χ3n) is 3.75. The predicted octanol–water partition coefficient (Wildman–Crippen LogP) is 0.945. The van der Waals surface area contributed by atoms with Crippen LogP contribution in [-0.4, -0.2) is 26.1 Å². The molecule has 6 nitrogen and oxygen atoms in total. The first-order valence-electron chi connectivity index (χ1n) is 7.07. The van der Waals surface area contributed by atoms with Crippen LogP contribution in [0.1, 0.15) is 32.1 Å². The van der Waals surface area contributed by atoms with Gasteiger partial charge in [-0.05, 0) is 25.0 Å². The zero-order chi connectivity index (χ0) is 13.9. The molecule has 106 valence electrons. The van der Waals surface area contributed by atoms with Gasteiger partial charge in [-0.3, -0.25) is 9.20 Å². The maximum Gasteiger partial charge on any atom is 0.350 e. The molecule has 0 spiro atoms. The Labute approximate surface area is 116 Å². The number of aromatic nitrogens is 3. The van der Waals surface area contributed by atoms with Gasteiger partial charge in [-0.2, -0.15) is 0 Å². The van der Waals surface area contributed by atoms with Crippen LogP contribution in [0.15, 0.2) is 29.2 Å². The highest BCUT2D eigenvalue weighted by molar-refractivity contribution is 5.76. The second kappa shape index (κ2) is 5.48. The van der Waals surface area contributed by atoms with Crippen molar-refractivity contribution in [3.05, 3.63) is 34.9 Å². The van der Waals surface area contributed by atoms with Gasteiger partial charge in [0.1, 0.15) is 6.54 Å². The van der Waals surface area contributed by atoms with Gasteiger partial charge in [0.05, 0.1) is 0 Å². The zero-order valence-electron chi connectivity index (χ0n) is 11.3. The van der Waals surface area contributed by atoms with E-state index >= 15 is 0 Å². The molecule has 0 unspecified atom stereocenters. The molecule has 1 saturated carbocycles. The molecule has 6 heteroatoms. The summed E-state index contributed by atoms with van der Waals surface area (Å²) < 4.78 is 2.65. The highest BCUT2D eigenvalue weighted by atomic mass is 16.2. The van der Waals surface area contributed by atoms with Crippen molar-refractivity contribution >= 4 is 11.6 Å². The summed E-state index contributed by atoms with van der Waals surface area (Å²) >= 11 is 0. The molecule has 1 aliphatic rings. The van der Waals surface area contributed by atoms with E-state index < -0.39 is 0 Å². The van der Waals surface area contributed by atoms with Gasteiger partial charge < -0.3 is 5.32 Å². The van der Waals surface area contributed by atoms with Crippen molar-refractivity contribution in [2.24, 2.45) is 0 Å². The van der Waals surface area contributed by atoms with E-state index in [0.29, 0.717) is 5.65 Å². The minimum Gasteiger partial charge on any atom is -0.352 e. The largest absolute Gasteiger partial charge is 0.352 e. The SMILES string of the molecule is O=C(Cn1nc2ccccn2c1=O)NC1CCCCC1. The molecule has 2 heterocycles. The van der Waals surface area contributed by atoms with Gasteiger partial charge in [-0.15, -0.1) is 5.10 Å². The van der Waals surface area contributed by atoms with Crippen molar-refractivity contribution in [2.75, 3.05) is 0 Å². The van der Waals surface area contributed by atoms with E-state index in [-0.39, 0.29) is 24.2 Å². The van der Waals surface area contributed by atoms with Crippen molar-refractivity contribution in [1.29, 1.82) is 0 Å². The van der Waals surface area contributed by atoms with Crippen molar-refractivity contribution in [3.63, 3.8) is 0 Å². The maximum absolute atomic E-state index is 12.0. The van der Waals surface area contributed by atoms with Gasteiger partial charge >= 0.3 is 5.69 Å². The monoisotopic (exact) mass is 274 g/mol. The van der Waals surface area contributed by atoms with Crippen LogP contribution in [0.4, 0.5) is 0 Å². The number of carbonyl (C=O) groups is 1. The standard InChI is InChI=1S/C14H18N4O2/c19-13(15-11-6-2-1-3-7-11)10-18-14(20)17-9-5-4-8-12(17)16-18/h4-5,8-9,11H,1-3,6-7,10H2,(H,15,19). The quantitative estimate of drug-likeness (QED) is 0.906. The molecule has 0 bridgehead atoms. The van der Waals surface area contributed by atoms with E-state index in [1.165, 1.54) is 28.3 Å². The summed E-state index contributed by atoms with van der Waals surface area (Å²) in [7, 11) is 0. The van der Waals surface area contributed by atoms with Crippen molar-refractivity contribution in [3.8, 4) is 0 Å². The molecule has 1 N–H and O–H groups in total. The first kappa shape index (κ1) is 12.9. The Hall–Kier alpha value is -2.11. The van der Waals surface area contributed by atoms with E-state index in [1.807, 2.05) is 6.07 Å². The average Bonchev–Trinajstić information content (AvgIpc) is 2.77. The van der Waals surface area contributed by atoms with Crippen molar-refractivity contribution in [2.45, 2.75) is 44.7 Å². The summed E-state index contributed by atoms with van der Waals surface area (Å²) in [5.41, 5.74) is 0.280. The predicted molar refractivity (Wildman–Crippen MR) is 74.5 cm³/mol. The Morgan fingerprint density at radius 3 is 2.85 bits per heavy atom. The lowest BCUT2D eigenvalue weighted by Gasteiger charge is -2.22. The summed E-state index contributed by atoms with van der Waals surface area (Å²) in [6.07, 6.45) is 7.30. The Kier molecular flexibility index (Phi) is 3.54. The molecule has 2 aromatic heterocycles. The Balaban J connectivity index is 1.71. The van der Waals surface area contributed by atoms with Crippen LogP contribution in [0.2, 0.25) is 0 Å². The molecule has 0 aliphatic heterocycles. The van der Waals surface area contributed by atoms with Crippen LogP contribution in [0.5, 0.6) is 0 Å². The van der Waals surface area contributed by atoms with Crippen LogP contribution >= 0.6 is 0 Å². The van der Waals surface area contributed by atoms with Crippen molar-refractivity contribution in [1.82, 2.24) is 19.5 Å². The highest BCUT2D eigenvalue weighted by Gasteiger charge is 2.17. The molecule has 1 fully saturated rings. The van der Waals surface area contributed by atoms with Crippen molar-refractivity contribution < 1.29 is 4.79 Å². The summed E-state index contributed by atoms with van der Waals surface area (Å²) in [6.45, 7) is -0.0169. The number of fused-ring (bicyclic) bond motifs is 1. The second-order valence-corrected chi connectivity index (χ2v) is 5.27. The van der Waals surface area contributed by atoms with Crippen LogP contribution < -0.4 is 11.0 Å². The van der Waals surface area contributed by atoms with Gasteiger partial charge in [0.15, 0.2) is 5.65 Å². The molecule has 3 rings (SSSR count). The van der Waals surface area contributed by atoms with E-state index in [1.54, 1.807) is 18.3 Å². The van der Waals surface area contributed by atoms with E-state index in [4.69, 9.17) is 0 Å². The molecule has 0 saturated heterocycles. The topological polar surface area (TPSA) is 68.4 Å². The first-order chi connectivity index (χ1) is 9.74. The Morgan fingerprint density at radius 1 is 1.30 bits per heavy atom. The number of hydrogen-bond acceptors (Lipinski definition) is 3. The number of amides is 1. The van der Waals surface area contributed by atoms with Gasteiger partial charge in [0, 0.05) is 12.2 Å². The summed E-state index contributed by atoms with van der Waals surface area (Å²) in [4.78, 5) is 24.0. The lowest BCUT2D eigenvalue weighted by Crippen LogP contribution is -2.40. The van der Waals surface area contributed by atoms with Gasteiger partial charge in [0.25, 0.3) is 0 Å². The number of nitrogens with one attached hydrogen (secondary N) is 1. The fourth-order valence-electron chi connectivity index (χ4n) is 2.73. The highest BCUT2D eigenvalue weighted by Crippen LogP contribution is 2.17. The minimum atomic E-state index is -0.278. The minimum absolute atomic E-state index is 0.0169. The molecule has 1 aliphatic carbocycles. The normalized spacial score (nSPS) is 16.4. The number of hydrogen-bond donors (Lipinski definition) is 1. The van der Waals surface area contributed by atoms with Crippen LogP contribution in [0, 0.1) is 0 Å². The van der Waals surface area contributed by atoms with Crippen LogP contribution in [0.3, 0.4) is 0 Å². The summed E-state index contributed by atoms with van der Waals surface area (Å²) in [5, 5.41) is 7.14. The van der Waals surface area contributed by atoms with Crippen LogP contribution in [-0.2, 0) is 11.3 Å².